The Morgan fingerprint density at radius 1 is 1.30 bits per heavy atom. The maximum absolute atomic E-state index is 12.0. The Morgan fingerprint density at radius 3 is 2.70 bits per heavy atom. The topological polar surface area (TPSA) is 66.9 Å². The van der Waals surface area contributed by atoms with Crippen LogP contribution in [0.25, 0.3) is 0 Å². The summed E-state index contributed by atoms with van der Waals surface area (Å²) in [7, 11) is 0. The summed E-state index contributed by atoms with van der Waals surface area (Å²) in [4.78, 5) is 20.5. The molecule has 1 aromatic rings. The van der Waals surface area contributed by atoms with E-state index in [1.807, 2.05) is 0 Å². The van der Waals surface area contributed by atoms with Crippen LogP contribution in [0, 0.1) is 12.8 Å². The summed E-state index contributed by atoms with van der Waals surface area (Å²) in [6, 6.07) is 1.71. The lowest BCUT2D eigenvalue weighted by Gasteiger charge is -2.10. The normalized spacial score (nSPS) is 10.7. The fourth-order valence-corrected chi connectivity index (χ4v) is 1.75. The molecule has 20 heavy (non-hydrogen) atoms. The van der Waals surface area contributed by atoms with Crippen LogP contribution in [0.3, 0.4) is 0 Å². The molecule has 0 aliphatic rings. The van der Waals surface area contributed by atoms with Gasteiger partial charge in [-0.3, -0.25) is 4.79 Å². The summed E-state index contributed by atoms with van der Waals surface area (Å²) >= 11 is 0. The fraction of sp³-hybridized carbons (Fsp3) is 0.667. The van der Waals surface area contributed by atoms with E-state index in [2.05, 4.69) is 41.4 Å². The van der Waals surface area contributed by atoms with Gasteiger partial charge >= 0.3 is 0 Å². The van der Waals surface area contributed by atoms with E-state index in [4.69, 9.17) is 0 Å². The van der Waals surface area contributed by atoms with Gasteiger partial charge in [0.05, 0.1) is 0 Å². The first-order valence-electron chi connectivity index (χ1n) is 7.40. The highest BCUT2D eigenvalue weighted by Gasteiger charge is 2.10. The maximum Gasteiger partial charge on any atom is 0.270 e. The number of hydrogen-bond donors (Lipinski definition) is 2. The Hall–Kier alpha value is -1.65. The van der Waals surface area contributed by atoms with Crippen LogP contribution in [0.2, 0.25) is 0 Å². The van der Waals surface area contributed by atoms with Crippen molar-refractivity contribution in [2.24, 2.45) is 5.92 Å². The molecule has 2 N–H and O–H groups in total. The number of nitrogens with one attached hydrogen (secondary N) is 2. The third-order valence-electron chi connectivity index (χ3n) is 2.83. The molecule has 112 valence electrons. The number of nitrogens with zero attached hydrogens (tertiary/aromatic N) is 2. The fourth-order valence-electron chi connectivity index (χ4n) is 1.75. The van der Waals surface area contributed by atoms with Gasteiger partial charge in [0, 0.05) is 19.2 Å². The number of unbranched alkanes of at least 4 members (excludes halogenated alkanes) is 2. The minimum absolute atomic E-state index is 0.126. The molecule has 0 aliphatic carbocycles. The van der Waals surface area contributed by atoms with Crippen LogP contribution in [-0.2, 0) is 0 Å². The Bertz CT molecular complexity index is 432. The number of aromatic nitrogens is 2. The average Bonchev–Trinajstić information content (AvgIpc) is 2.40. The first-order chi connectivity index (χ1) is 9.52. The lowest BCUT2D eigenvalue weighted by Crippen LogP contribution is -2.26. The van der Waals surface area contributed by atoms with Gasteiger partial charge in [-0.15, -0.1) is 0 Å². The molecule has 0 spiro atoms. The van der Waals surface area contributed by atoms with Crippen molar-refractivity contribution in [2.45, 2.75) is 47.0 Å². The molecule has 1 heterocycles. The molecule has 0 radical (unpaired) electrons. The SMILES string of the molecule is CCCCCNC(=O)c1cc(NCC(C)C)nc(C)n1. The van der Waals surface area contributed by atoms with Crippen LogP contribution in [-0.4, -0.2) is 29.0 Å². The highest BCUT2D eigenvalue weighted by atomic mass is 16.1. The number of hydrogen-bond acceptors (Lipinski definition) is 4. The van der Waals surface area contributed by atoms with Crippen LogP contribution < -0.4 is 10.6 Å². The van der Waals surface area contributed by atoms with Crippen molar-refractivity contribution < 1.29 is 4.79 Å². The largest absolute Gasteiger partial charge is 0.370 e. The summed E-state index contributed by atoms with van der Waals surface area (Å²) < 4.78 is 0. The van der Waals surface area contributed by atoms with E-state index in [-0.39, 0.29) is 5.91 Å². The van der Waals surface area contributed by atoms with E-state index in [1.54, 1.807) is 13.0 Å². The number of rotatable bonds is 8. The molecule has 1 aromatic heterocycles. The second kappa shape index (κ2) is 8.51. The van der Waals surface area contributed by atoms with Crippen LogP contribution in [0.4, 0.5) is 5.82 Å². The third-order valence-corrected chi connectivity index (χ3v) is 2.83. The molecule has 0 bridgehead atoms. The zero-order valence-electron chi connectivity index (χ0n) is 13.0. The quantitative estimate of drug-likeness (QED) is 0.718. The lowest BCUT2D eigenvalue weighted by atomic mass is 10.2. The molecule has 0 atom stereocenters. The predicted octanol–water partition coefficient (Wildman–Crippen LogP) is 2.77. The Morgan fingerprint density at radius 2 is 2.05 bits per heavy atom. The zero-order chi connectivity index (χ0) is 15.0. The molecule has 0 aliphatic heterocycles. The van der Waals surface area contributed by atoms with E-state index < -0.39 is 0 Å². The first-order valence-corrected chi connectivity index (χ1v) is 7.40. The van der Waals surface area contributed by atoms with E-state index in [0.29, 0.717) is 29.8 Å². The van der Waals surface area contributed by atoms with Gasteiger partial charge < -0.3 is 10.6 Å². The second-order valence-electron chi connectivity index (χ2n) is 5.42. The molecule has 0 aromatic carbocycles. The molecule has 1 rings (SSSR count). The van der Waals surface area contributed by atoms with Gasteiger partial charge in [-0.25, -0.2) is 9.97 Å². The summed E-state index contributed by atoms with van der Waals surface area (Å²) in [5, 5.41) is 6.12. The lowest BCUT2D eigenvalue weighted by molar-refractivity contribution is 0.0947. The zero-order valence-corrected chi connectivity index (χ0v) is 13.0. The smallest absolute Gasteiger partial charge is 0.270 e. The van der Waals surface area contributed by atoms with E-state index in [1.165, 1.54) is 0 Å². The minimum atomic E-state index is -0.126. The molecule has 0 fully saturated rings. The van der Waals surface area contributed by atoms with Gasteiger partial charge in [0.1, 0.15) is 17.3 Å². The van der Waals surface area contributed by atoms with Gasteiger partial charge in [-0.05, 0) is 19.3 Å². The summed E-state index contributed by atoms with van der Waals surface area (Å²) in [5.74, 6) is 1.72. The number of aryl methyl sites for hydroxylation is 1. The molecular weight excluding hydrogens is 252 g/mol. The van der Waals surface area contributed by atoms with Crippen molar-refractivity contribution in [3.05, 3.63) is 17.6 Å². The van der Waals surface area contributed by atoms with Crippen LogP contribution in [0.5, 0.6) is 0 Å². The summed E-state index contributed by atoms with van der Waals surface area (Å²) in [6.07, 6.45) is 3.28. The van der Waals surface area contributed by atoms with E-state index >= 15 is 0 Å². The molecule has 0 saturated heterocycles. The number of anilines is 1. The van der Waals surface area contributed by atoms with Crippen LogP contribution in [0.15, 0.2) is 6.07 Å². The highest BCUT2D eigenvalue weighted by Crippen LogP contribution is 2.08. The standard InChI is InChI=1S/C15H26N4O/c1-5-6-7-8-16-15(20)13-9-14(17-10-11(2)3)19-12(4)18-13/h9,11H,5-8,10H2,1-4H3,(H,16,20)(H,17,18,19). The number of carbonyl (C=O) groups is 1. The maximum atomic E-state index is 12.0. The molecule has 5 nitrogen and oxygen atoms in total. The summed E-state index contributed by atoms with van der Waals surface area (Å²) in [6.45, 7) is 9.72. The Labute approximate surface area is 121 Å². The minimum Gasteiger partial charge on any atom is -0.370 e. The number of carbonyl (C=O) groups excluding carboxylic acids is 1. The van der Waals surface area contributed by atoms with Crippen molar-refractivity contribution in [3.63, 3.8) is 0 Å². The summed E-state index contributed by atoms with van der Waals surface area (Å²) in [5.41, 5.74) is 0.431. The molecule has 1 amide bonds. The van der Waals surface area contributed by atoms with Crippen molar-refractivity contribution in [1.82, 2.24) is 15.3 Å². The van der Waals surface area contributed by atoms with Crippen molar-refractivity contribution in [3.8, 4) is 0 Å². The number of amides is 1. The predicted molar refractivity (Wildman–Crippen MR) is 82.0 cm³/mol. The average molecular weight is 278 g/mol. The van der Waals surface area contributed by atoms with Crippen LogP contribution in [0.1, 0.15) is 56.3 Å². The van der Waals surface area contributed by atoms with Gasteiger partial charge in [-0.1, -0.05) is 33.6 Å². The van der Waals surface area contributed by atoms with E-state index in [9.17, 15) is 4.79 Å². The molecule has 0 unspecified atom stereocenters. The van der Waals surface area contributed by atoms with Crippen molar-refractivity contribution in [2.75, 3.05) is 18.4 Å². The first kappa shape index (κ1) is 16.4. The van der Waals surface area contributed by atoms with Gasteiger partial charge in [0.2, 0.25) is 0 Å². The van der Waals surface area contributed by atoms with Gasteiger partial charge in [-0.2, -0.15) is 0 Å². The third kappa shape index (κ3) is 5.99. The highest BCUT2D eigenvalue weighted by molar-refractivity contribution is 5.92. The second-order valence-corrected chi connectivity index (χ2v) is 5.42. The van der Waals surface area contributed by atoms with Gasteiger partial charge in [0.15, 0.2) is 0 Å². The Kier molecular flexibility index (Phi) is 6.98. The van der Waals surface area contributed by atoms with Crippen molar-refractivity contribution >= 4 is 11.7 Å². The Balaban J connectivity index is 2.62. The molecule has 0 saturated carbocycles. The molecule has 5 heteroatoms. The van der Waals surface area contributed by atoms with E-state index in [0.717, 1.165) is 25.8 Å². The van der Waals surface area contributed by atoms with Crippen LogP contribution >= 0.6 is 0 Å². The monoisotopic (exact) mass is 278 g/mol. The van der Waals surface area contributed by atoms with Crippen molar-refractivity contribution in [1.29, 1.82) is 0 Å². The molecular formula is C15H26N4O. The van der Waals surface area contributed by atoms with Gasteiger partial charge in [0.25, 0.3) is 5.91 Å².